The van der Waals surface area contributed by atoms with Crippen LogP contribution < -0.4 is 0 Å². The van der Waals surface area contributed by atoms with E-state index in [1.807, 2.05) is 24.3 Å². The van der Waals surface area contributed by atoms with E-state index in [1.54, 1.807) is 12.1 Å². The monoisotopic (exact) mass is 652 g/mol. The van der Waals surface area contributed by atoms with Gasteiger partial charge in [0, 0.05) is 5.92 Å². The fourth-order valence-electron chi connectivity index (χ4n) is 8.18. The van der Waals surface area contributed by atoms with Gasteiger partial charge in [-0.2, -0.15) is 0 Å². The minimum Gasteiger partial charge on any atom is -0.508 e. The lowest BCUT2D eigenvalue weighted by atomic mass is 9.76. The van der Waals surface area contributed by atoms with Gasteiger partial charge in [0.25, 0.3) is 0 Å². The number of aryl methyl sites for hydroxylation is 2. The predicted molar refractivity (Wildman–Crippen MR) is 202 cm³/mol. The van der Waals surface area contributed by atoms with Crippen molar-refractivity contribution in [3.05, 3.63) is 159 Å². The van der Waals surface area contributed by atoms with Gasteiger partial charge >= 0.3 is 0 Å². The van der Waals surface area contributed by atoms with Crippen molar-refractivity contribution in [3.8, 4) is 17.2 Å². The molecule has 0 spiro atoms. The van der Waals surface area contributed by atoms with E-state index in [1.165, 1.54) is 60.8 Å². The second-order valence-electron chi connectivity index (χ2n) is 14.4. The average molecular weight is 653 g/mol. The van der Waals surface area contributed by atoms with Crippen LogP contribution in [0.5, 0.6) is 17.2 Å². The van der Waals surface area contributed by atoms with Crippen molar-refractivity contribution in [1.82, 2.24) is 0 Å². The van der Waals surface area contributed by atoms with Gasteiger partial charge in [0.05, 0.1) is 0 Å². The summed E-state index contributed by atoms with van der Waals surface area (Å²) in [4.78, 5) is 0. The molecule has 3 N–H and O–H groups in total. The Labute approximate surface area is 293 Å². The molecule has 254 valence electrons. The van der Waals surface area contributed by atoms with Gasteiger partial charge in [-0.15, -0.1) is 0 Å². The molecular weight excluding hydrogens is 601 g/mol. The van der Waals surface area contributed by atoms with Gasteiger partial charge in [-0.25, -0.2) is 0 Å². The number of aromatic hydroxyl groups is 3. The van der Waals surface area contributed by atoms with Gasteiger partial charge in [-0.3, -0.25) is 0 Å². The molecule has 5 aromatic carbocycles. The van der Waals surface area contributed by atoms with E-state index >= 15 is 0 Å². The summed E-state index contributed by atoms with van der Waals surface area (Å²) in [6, 6.07) is 37.0. The molecule has 0 amide bonds. The normalized spacial score (nSPS) is 15.5. The van der Waals surface area contributed by atoms with Crippen molar-refractivity contribution in [2.75, 3.05) is 0 Å². The maximum absolute atomic E-state index is 11.0. The third-order valence-corrected chi connectivity index (χ3v) is 10.9. The van der Waals surface area contributed by atoms with Crippen molar-refractivity contribution in [3.63, 3.8) is 0 Å². The summed E-state index contributed by atoms with van der Waals surface area (Å²) in [5.41, 5.74) is 10.5. The van der Waals surface area contributed by atoms with Crippen LogP contribution in [0.1, 0.15) is 132 Å². The molecule has 49 heavy (non-hydrogen) atoms. The van der Waals surface area contributed by atoms with Gasteiger partial charge in [0.2, 0.25) is 0 Å². The summed E-state index contributed by atoms with van der Waals surface area (Å²) in [6.45, 7) is 4.18. The van der Waals surface area contributed by atoms with Crippen LogP contribution in [0.2, 0.25) is 0 Å². The third kappa shape index (κ3) is 8.57. The number of rotatable bonds is 7. The van der Waals surface area contributed by atoms with Crippen molar-refractivity contribution < 1.29 is 15.3 Å². The van der Waals surface area contributed by atoms with Crippen LogP contribution in [-0.4, -0.2) is 15.3 Å². The molecule has 0 unspecified atom stereocenters. The first-order valence-corrected chi connectivity index (χ1v) is 18.4. The molecule has 3 nitrogen and oxygen atoms in total. The lowest BCUT2D eigenvalue weighted by molar-refractivity contribution is 0.413. The van der Waals surface area contributed by atoms with E-state index in [-0.39, 0.29) is 11.7 Å². The average Bonchev–Trinajstić information content (AvgIpc) is 3.13. The second-order valence-corrected chi connectivity index (χ2v) is 14.4. The maximum Gasteiger partial charge on any atom is 0.119 e. The number of hydrogen-bond acceptors (Lipinski definition) is 3. The highest BCUT2D eigenvalue weighted by Gasteiger charge is 2.28. The van der Waals surface area contributed by atoms with Crippen LogP contribution >= 0.6 is 0 Å². The van der Waals surface area contributed by atoms with Crippen molar-refractivity contribution in [2.45, 2.75) is 102 Å². The van der Waals surface area contributed by atoms with E-state index in [2.05, 4.69) is 86.6 Å². The molecular formula is C46H52O3. The molecule has 2 saturated carbocycles. The SMILES string of the molecule is Cc1cc(O)c(C2CCCCC2)cc1C(c1ccc(O)cc1)c1cc(C2CCCCC2)c(O)cc1C.c1ccc(Cc2ccccc2)cc1. The molecule has 0 radical (unpaired) electrons. The Bertz CT molecular complexity index is 1670. The van der Waals surface area contributed by atoms with Crippen LogP contribution in [0, 0.1) is 13.8 Å². The zero-order chi connectivity index (χ0) is 34.2. The number of phenolic OH excluding ortho intramolecular Hbond substituents is 3. The highest BCUT2D eigenvalue weighted by Crippen LogP contribution is 2.45. The highest BCUT2D eigenvalue weighted by molar-refractivity contribution is 5.56. The van der Waals surface area contributed by atoms with Crippen LogP contribution in [0.4, 0.5) is 0 Å². The molecule has 3 heteroatoms. The number of phenols is 3. The molecule has 2 fully saturated rings. The Morgan fingerprint density at radius 1 is 0.510 bits per heavy atom. The number of hydrogen-bond donors (Lipinski definition) is 3. The van der Waals surface area contributed by atoms with E-state index in [0.717, 1.165) is 59.9 Å². The minimum atomic E-state index is -0.0449. The molecule has 0 aromatic heterocycles. The summed E-state index contributed by atoms with van der Waals surface area (Å²) in [6.07, 6.45) is 13.0. The lowest BCUT2D eigenvalue weighted by Gasteiger charge is -2.29. The van der Waals surface area contributed by atoms with Crippen molar-refractivity contribution in [1.29, 1.82) is 0 Å². The van der Waals surface area contributed by atoms with Crippen LogP contribution in [0.3, 0.4) is 0 Å². The molecule has 5 aromatic rings. The standard InChI is InChI=1S/C33H40O3.C13H12/c1-21-17-31(35)29(23-9-5-3-6-10-23)19-27(21)33(25-13-15-26(34)16-14-25)28-20-30(32(36)18-22(28)2)24-11-7-4-8-12-24;1-3-7-12(8-4-1)11-13-9-5-2-6-10-13/h13-20,23-24,33-36H,3-12H2,1-2H3;1-10H,11H2. The largest absolute Gasteiger partial charge is 0.508 e. The molecule has 2 aliphatic rings. The summed E-state index contributed by atoms with van der Waals surface area (Å²) in [5, 5.41) is 32.0. The predicted octanol–water partition coefficient (Wildman–Crippen LogP) is 12.0. The maximum atomic E-state index is 11.0. The second kappa shape index (κ2) is 16.3. The third-order valence-electron chi connectivity index (χ3n) is 10.9. The summed E-state index contributed by atoms with van der Waals surface area (Å²) in [7, 11) is 0. The molecule has 0 bridgehead atoms. The van der Waals surface area contributed by atoms with E-state index in [4.69, 9.17) is 0 Å². The molecule has 0 heterocycles. The smallest absolute Gasteiger partial charge is 0.119 e. The Kier molecular flexibility index (Phi) is 11.4. The quantitative estimate of drug-likeness (QED) is 0.153. The first-order valence-electron chi connectivity index (χ1n) is 18.4. The summed E-state index contributed by atoms with van der Waals surface area (Å²) < 4.78 is 0. The summed E-state index contributed by atoms with van der Waals surface area (Å²) >= 11 is 0. The molecule has 0 atom stereocenters. The van der Waals surface area contributed by atoms with Crippen molar-refractivity contribution >= 4 is 0 Å². The zero-order valence-corrected chi connectivity index (χ0v) is 29.2. The lowest BCUT2D eigenvalue weighted by Crippen LogP contribution is -2.12. The van der Waals surface area contributed by atoms with Crippen LogP contribution in [0.25, 0.3) is 0 Å². The fraction of sp³-hybridized carbons (Fsp3) is 0.348. The zero-order valence-electron chi connectivity index (χ0n) is 29.2. The summed E-state index contributed by atoms with van der Waals surface area (Å²) in [5.74, 6) is 1.84. The van der Waals surface area contributed by atoms with Crippen LogP contribution in [-0.2, 0) is 6.42 Å². The van der Waals surface area contributed by atoms with E-state index in [9.17, 15) is 15.3 Å². The van der Waals surface area contributed by atoms with Gasteiger partial charge in [-0.05, 0) is 132 Å². The van der Waals surface area contributed by atoms with Crippen LogP contribution in [0.15, 0.2) is 109 Å². The Balaban J connectivity index is 0.000000267. The van der Waals surface area contributed by atoms with Gasteiger partial charge in [-0.1, -0.05) is 123 Å². The Hall–Kier alpha value is -4.50. The van der Waals surface area contributed by atoms with Crippen molar-refractivity contribution in [2.24, 2.45) is 0 Å². The first-order chi connectivity index (χ1) is 23.9. The van der Waals surface area contributed by atoms with Gasteiger partial charge in [0.15, 0.2) is 0 Å². The topological polar surface area (TPSA) is 60.7 Å². The van der Waals surface area contributed by atoms with E-state index in [0.29, 0.717) is 23.3 Å². The molecule has 0 aliphatic heterocycles. The molecule has 7 rings (SSSR count). The Morgan fingerprint density at radius 3 is 1.33 bits per heavy atom. The van der Waals surface area contributed by atoms with Gasteiger partial charge in [0.1, 0.15) is 17.2 Å². The fourth-order valence-corrected chi connectivity index (χ4v) is 8.18. The minimum absolute atomic E-state index is 0.0449. The number of benzene rings is 5. The highest BCUT2D eigenvalue weighted by atomic mass is 16.3. The van der Waals surface area contributed by atoms with Gasteiger partial charge < -0.3 is 15.3 Å². The Morgan fingerprint density at radius 2 is 0.918 bits per heavy atom. The molecule has 2 aliphatic carbocycles. The van der Waals surface area contributed by atoms with E-state index < -0.39 is 0 Å². The molecule has 0 saturated heterocycles. The first kappa shape index (κ1) is 34.4.